The zero-order valence-electron chi connectivity index (χ0n) is 11.6. The average molecular weight is 300 g/mol. The molecule has 0 aromatic heterocycles. The van der Waals surface area contributed by atoms with Crippen LogP contribution in [-0.4, -0.2) is 28.1 Å². The lowest BCUT2D eigenvalue weighted by Gasteiger charge is -2.29. The van der Waals surface area contributed by atoms with Crippen LogP contribution in [0.5, 0.6) is 0 Å². The van der Waals surface area contributed by atoms with Crippen LogP contribution in [0.3, 0.4) is 0 Å². The van der Waals surface area contributed by atoms with Gasteiger partial charge in [0.15, 0.2) is 0 Å². The zero-order chi connectivity index (χ0) is 15.3. The van der Waals surface area contributed by atoms with Gasteiger partial charge in [0.05, 0.1) is 6.10 Å². The van der Waals surface area contributed by atoms with E-state index in [0.717, 1.165) is 0 Å². The lowest BCUT2D eigenvalue weighted by atomic mass is 10.1. The number of hydrogen-bond donors (Lipinski definition) is 1. The van der Waals surface area contributed by atoms with Crippen LogP contribution in [0.2, 0.25) is 5.02 Å². The molecule has 0 aliphatic rings. The third-order valence-electron chi connectivity index (χ3n) is 3.02. The van der Waals surface area contributed by atoms with E-state index in [1.54, 1.807) is 13.8 Å². The summed E-state index contributed by atoms with van der Waals surface area (Å²) in [5.41, 5.74) is 0.338. The molecule has 110 valence electrons. The van der Waals surface area contributed by atoms with E-state index < -0.39 is 11.9 Å². The van der Waals surface area contributed by atoms with Crippen molar-refractivity contribution in [2.75, 3.05) is 0 Å². The molecule has 0 bridgehead atoms. The number of benzene rings is 1. The van der Waals surface area contributed by atoms with E-state index in [-0.39, 0.29) is 18.5 Å². The summed E-state index contributed by atoms with van der Waals surface area (Å²) >= 11 is 5.85. The first-order valence-corrected chi connectivity index (χ1v) is 6.78. The van der Waals surface area contributed by atoms with Crippen LogP contribution in [0.1, 0.15) is 25.8 Å². The lowest BCUT2D eigenvalue weighted by molar-refractivity contribution is -0.129. The predicted molar refractivity (Wildman–Crippen MR) is 77.9 cm³/mol. The first-order chi connectivity index (χ1) is 9.35. The molecule has 0 radical (unpaired) electrons. The van der Waals surface area contributed by atoms with Gasteiger partial charge in [0, 0.05) is 23.2 Å². The summed E-state index contributed by atoms with van der Waals surface area (Å²) in [5.74, 6) is -0.724. The van der Waals surface area contributed by atoms with Gasteiger partial charge in [-0.1, -0.05) is 18.2 Å². The quantitative estimate of drug-likeness (QED) is 0.820. The van der Waals surface area contributed by atoms with Crippen molar-refractivity contribution in [3.8, 4) is 0 Å². The zero-order valence-corrected chi connectivity index (χ0v) is 12.4. The van der Waals surface area contributed by atoms with Crippen molar-refractivity contribution < 1.29 is 14.3 Å². The Morgan fingerprint density at radius 1 is 1.55 bits per heavy atom. The largest absolute Gasteiger partial charge is 0.393 e. The van der Waals surface area contributed by atoms with Crippen molar-refractivity contribution in [3.05, 3.63) is 47.3 Å². The molecule has 0 heterocycles. The van der Waals surface area contributed by atoms with Crippen molar-refractivity contribution in [2.24, 2.45) is 0 Å². The number of aliphatic hydroxyl groups excluding tert-OH is 1. The third kappa shape index (κ3) is 4.62. The molecule has 1 aromatic carbocycles. The van der Waals surface area contributed by atoms with E-state index in [9.17, 15) is 14.3 Å². The predicted octanol–water partition coefficient (Wildman–Crippen LogP) is 3.15. The fourth-order valence-electron chi connectivity index (χ4n) is 2.04. The first-order valence-electron chi connectivity index (χ1n) is 6.40. The molecule has 0 aliphatic carbocycles. The highest BCUT2D eigenvalue weighted by Gasteiger charge is 2.21. The summed E-state index contributed by atoms with van der Waals surface area (Å²) in [5, 5.41) is 9.84. The highest BCUT2D eigenvalue weighted by molar-refractivity contribution is 6.30. The van der Waals surface area contributed by atoms with Crippen LogP contribution in [0, 0.1) is 5.82 Å². The van der Waals surface area contributed by atoms with Crippen molar-refractivity contribution in [1.29, 1.82) is 0 Å². The highest BCUT2D eigenvalue weighted by Crippen LogP contribution is 2.19. The SMILES string of the molecule is C=CC(=O)N(Cc1cc(Cl)ccc1F)C(C)CC(C)O. The lowest BCUT2D eigenvalue weighted by Crippen LogP contribution is -2.38. The molecule has 1 rings (SSSR count). The fourth-order valence-corrected chi connectivity index (χ4v) is 2.23. The minimum Gasteiger partial charge on any atom is -0.393 e. The molecular formula is C15H19ClFNO2. The van der Waals surface area contributed by atoms with Gasteiger partial charge in [-0.2, -0.15) is 0 Å². The Morgan fingerprint density at radius 3 is 2.75 bits per heavy atom. The third-order valence-corrected chi connectivity index (χ3v) is 3.26. The molecule has 20 heavy (non-hydrogen) atoms. The van der Waals surface area contributed by atoms with E-state index >= 15 is 0 Å². The highest BCUT2D eigenvalue weighted by atomic mass is 35.5. The molecule has 1 aromatic rings. The number of rotatable bonds is 6. The number of carbonyl (C=O) groups excluding carboxylic acids is 1. The van der Waals surface area contributed by atoms with Crippen LogP contribution < -0.4 is 0 Å². The summed E-state index contributed by atoms with van der Waals surface area (Å²) in [6.45, 7) is 6.99. The Balaban J connectivity index is 2.97. The molecule has 3 nitrogen and oxygen atoms in total. The number of carbonyl (C=O) groups is 1. The topological polar surface area (TPSA) is 40.5 Å². The minimum absolute atomic E-state index is 0.0884. The molecule has 0 saturated heterocycles. The molecule has 1 N–H and O–H groups in total. The molecule has 0 saturated carbocycles. The molecule has 0 aliphatic heterocycles. The van der Waals surface area contributed by atoms with Crippen molar-refractivity contribution in [3.63, 3.8) is 0 Å². The van der Waals surface area contributed by atoms with E-state index in [1.165, 1.54) is 29.2 Å². The normalized spacial score (nSPS) is 13.7. The van der Waals surface area contributed by atoms with Crippen molar-refractivity contribution in [1.82, 2.24) is 4.90 Å². The monoisotopic (exact) mass is 299 g/mol. The molecule has 1 amide bonds. The van der Waals surface area contributed by atoms with Gasteiger partial charge in [-0.15, -0.1) is 0 Å². The Hall–Kier alpha value is -1.39. The summed E-state index contributed by atoms with van der Waals surface area (Å²) in [6.07, 6.45) is 1.04. The summed E-state index contributed by atoms with van der Waals surface area (Å²) in [7, 11) is 0. The average Bonchev–Trinajstić information content (AvgIpc) is 2.37. The van der Waals surface area contributed by atoms with E-state index in [0.29, 0.717) is 17.0 Å². The molecule has 5 heteroatoms. The molecular weight excluding hydrogens is 281 g/mol. The number of nitrogens with zero attached hydrogens (tertiary/aromatic N) is 1. The van der Waals surface area contributed by atoms with Gasteiger partial charge in [0.2, 0.25) is 5.91 Å². The number of amides is 1. The van der Waals surface area contributed by atoms with Crippen LogP contribution in [0.15, 0.2) is 30.9 Å². The summed E-state index contributed by atoms with van der Waals surface area (Å²) in [4.78, 5) is 13.4. The van der Waals surface area contributed by atoms with Gasteiger partial charge in [-0.3, -0.25) is 4.79 Å². The Morgan fingerprint density at radius 2 is 2.20 bits per heavy atom. The van der Waals surface area contributed by atoms with E-state index in [4.69, 9.17) is 11.6 Å². The maximum atomic E-state index is 13.8. The second-order valence-electron chi connectivity index (χ2n) is 4.84. The number of halogens is 2. The van der Waals surface area contributed by atoms with E-state index in [1.807, 2.05) is 0 Å². The van der Waals surface area contributed by atoms with Crippen molar-refractivity contribution >= 4 is 17.5 Å². The van der Waals surface area contributed by atoms with Gasteiger partial charge >= 0.3 is 0 Å². The van der Waals surface area contributed by atoms with Crippen LogP contribution in [-0.2, 0) is 11.3 Å². The van der Waals surface area contributed by atoms with Gasteiger partial charge in [-0.25, -0.2) is 4.39 Å². The van der Waals surface area contributed by atoms with Gasteiger partial charge in [-0.05, 0) is 44.5 Å². The summed E-state index contributed by atoms with van der Waals surface area (Å²) < 4.78 is 13.8. The molecule has 0 spiro atoms. The summed E-state index contributed by atoms with van der Waals surface area (Å²) in [6, 6.07) is 3.99. The Labute approximate surface area is 123 Å². The maximum absolute atomic E-state index is 13.8. The standard InChI is InChI=1S/C15H19ClFNO2/c1-4-15(20)18(10(2)7-11(3)19)9-12-8-13(16)5-6-14(12)17/h4-6,8,10-11,19H,1,7,9H2,2-3H3. The maximum Gasteiger partial charge on any atom is 0.246 e. The second kappa shape index (κ2) is 7.41. The first kappa shape index (κ1) is 16.7. The Bertz CT molecular complexity index is 491. The van der Waals surface area contributed by atoms with Crippen LogP contribution in [0.4, 0.5) is 4.39 Å². The number of aliphatic hydroxyl groups is 1. The van der Waals surface area contributed by atoms with Gasteiger partial charge < -0.3 is 10.0 Å². The second-order valence-corrected chi connectivity index (χ2v) is 5.28. The van der Waals surface area contributed by atoms with Gasteiger partial charge in [0.25, 0.3) is 0 Å². The molecule has 2 atom stereocenters. The fraction of sp³-hybridized carbons (Fsp3) is 0.400. The minimum atomic E-state index is -0.547. The molecule has 0 fully saturated rings. The Kier molecular flexibility index (Phi) is 6.17. The van der Waals surface area contributed by atoms with Crippen LogP contribution in [0.25, 0.3) is 0 Å². The van der Waals surface area contributed by atoms with E-state index in [2.05, 4.69) is 6.58 Å². The smallest absolute Gasteiger partial charge is 0.246 e. The van der Waals surface area contributed by atoms with Crippen LogP contribution >= 0.6 is 11.6 Å². The number of hydrogen-bond acceptors (Lipinski definition) is 2. The van der Waals surface area contributed by atoms with Crippen molar-refractivity contribution in [2.45, 2.75) is 39.0 Å². The van der Waals surface area contributed by atoms with Gasteiger partial charge in [0.1, 0.15) is 5.82 Å². The molecule has 2 unspecified atom stereocenters.